The van der Waals surface area contributed by atoms with E-state index in [1.165, 1.54) is 0 Å². The lowest BCUT2D eigenvalue weighted by atomic mass is 10.2. The zero-order valence-electron chi connectivity index (χ0n) is 9.51. The quantitative estimate of drug-likeness (QED) is 0.364. The third kappa shape index (κ3) is 9.48. The number of rotatable bonds is 8. The van der Waals surface area contributed by atoms with Crippen LogP contribution in [0, 0.1) is 0 Å². The second-order valence-corrected chi connectivity index (χ2v) is 3.42. The minimum Gasteiger partial charge on any atom is -0.466 e. The molecule has 0 rings (SSSR count). The van der Waals surface area contributed by atoms with E-state index >= 15 is 0 Å². The van der Waals surface area contributed by atoms with Crippen molar-refractivity contribution >= 4 is 5.97 Å². The Labute approximate surface area is 86.6 Å². The first-order valence-electron chi connectivity index (χ1n) is 5.23. The maximum Gasteiger partial charge on any atom is 0.305 e. The first kappa shape index (κ1) is 13.4. The Morgan fingerprint density at radius 1 is 1.29 bits per heavy atom. The molecule has 0 aliphatic rings. The predicted molar refractivity (Wildman–Crippen MR) is 56.8 cm³/mol. The maximum atomic E-state index is 10.9. The molecule has 0 bridgehead atoms. The van der Waals surface area contributed by atoms with Crippen molar-refractivity contribution < 1.29 is 9.53 Å². The lowest BCUT2D eigenvalue weighted by Crippen LogP contribution is -2.31. The fourth-order valence-electron chi connectivity index (χ4n) is 1.11. The van der Waals surface area contributed by atoms with Crippen LogP contribution >= 0.6 is 0 Å². The van der Waals surface area contributed by atoms with Crippen LogP contribution in [-0.4, -0.2) is 38.2 Å². The van der Waals surface area contributed by atoms with Gasteiger partial charge in [0, 0.05) is 27.1 Å². The average Bonchev–Trinajstić information content (AvgIpc) is 2.11. The number of ether oxygens (including phenoxy) is 1. The van der Waals surface area contributed by atoms with E-state index in [-0.39, 0.29) is 5.97 Å². The topological polar surface area (TPSA) is 41.6 Å². The Bertz CT molecular complexity index is 149. The normalized spacial score (nSPS) is 10.6. The van der Waals surface area contributed by atoms with Gasteiger partial charge in [-0.2, -0.15) is 0 Å². The Morgan fingerprint density at radius 2 is 2.00 bits per heavy atom. The monoisotopic (exact) mass is 202 g/mol. The van der Waals surface area contributed by atoms with E-state index in [9.17, 15) is 4.79 Å². The molecule has 0 fully saturated rings. The molecule has 0 aromatic rings. The van der Waals surface area contributed by atoms with Gasteiger partial charge in [0.05, 0.1) is 6.61 Å². The van der Waals surface area contributed by atoms with Gasteiger partial charge in [0.15, 0.2) is 0 Å². The van der Waals surface area contributed by atoms with Gasteiger partial charge in [0.25, 0.3) is 0 Å². The molecule has 0 radical (unpaired) electrons. The van der Waals surface area contributed by atoms with Gasteiger partial charge in [-0.15, -0.1) is 0 Å². The number of carbonyl (C=O) groups is 1. The largest absolute Gasteiger partial charge is 0.466 e. The SMILES string of the molecule is CCOC(=O)CCCCCNN(C)C. The number of nitrogens with one attached hydrogen (secondary N) is 1. The molecule has 0 spiro atoms. The van der Waals surface area contributed by atoms with Gasteiger partial charge in [-0.25, -0.2) is 0 Å². The van der Waals surface area contributed by atoms with Gasteiger partial charge in [-0.1, -0.05) is 6.42 Å². The zero-order chi connectivity index (χ0) is 10.8. The van der Waals surface area contributed by atoms with E-state index in [0.717, 1.165) is 25.8 Å². The van der Waals surface area contributed by atoms with Crippen molar-refractivity contribution in [3.05, 3.63) is 0 Å². The molecule has 0 aromatic carbocycles. The van der Waals surface area contributed by atoms with Crippen LogP contribution in [0.4, 0.5) is 0 Å². The van der Waals surface area contributed by atoms with Gasteiger partial charge in [0.2, 0.25) is 0 Å². The van der Waals surface area contributed by atoms with Crippen molar-refractivity contribution in [1.29, 1.82) is 0 Å². The fourth-order valence-corrected chi connectivity index (χ4v) is 1.11. The van der Waals surface area contributed by atoms with Gasteiger partial charge in [-0.3, -0.25) is 15.2 Å². The van der Waals surface area contributed by atoms with E-state index in [4.69, 9.17) is 4.74 Å². The molecule has 0 heterocycles. The highest BCUT2D eigenvalue weighted by molar-refractivity contribution is 5.69. The van der Waals surface area contributed by atoms with Gasteiger partial charge >= 0.3 is 5.97 Å². The fraction of sp³-hybridized carbons (Fsp3) is 0.900. The summed E-state index contributed by atoms with van der Waals surface area (Å²) in [6, 6.07) is 0. The summed E-state index contributed by atoms with van der Waals surface area (Å²) in [6.45, 7) is 3.29. The van der Waals surface area contributed by atoms with Gasteiger partial charge < -0.3 is 4.74 Å². The summed E-state index contributed by atoms with van der Waals surface area (Å²) in [5.74, 6) is -0.0759. The number of esters is 1. The molecule has 84 valence electrons. The molecule has 0 saturated heterocycles. The molecule has 0 aliphatic carbocycles. The van der Waals surface area contributed by atoms with E-state index in [2.05, 4.69) is 5.43 Å². The molecule has 0 amide bonds. The average molecular weight is 202 g/mol. The minimum absolute atomic E-state index is 0.0759. The highest BCUT2D eigenvalue weighted by atomic mass is 16.5. The summed E-state index contributed by atoms with van der Waals surface area (Å²) in [4.78, 5) is 10.9. The number of unbranched alkanes of at least 4 members (excludes halogenated alkanes) is 2. The third-order valence-electron chi connectivity index (χ3n) is 1.79. The lowest BCUT2D eigenvalue weighted by Gasteiger charge is -2.10. The van der Waals surface area contributed by atoms with Crippen LogP contribution < -0.4 is 5.43 Å². The van der Waals surface area contributed by atoms with Crippen LogP contribution in [0.25, 0.3) is 0 Å². The van der Waals surface area contributed by atoms with E-state index in [0.29, 0.717) is 13.0 Å². The molecule has 0 atom stereocenters. The van der Waals surface area contributed by atoms with Crippen LogP contribution in [0.3, 0.4) is 0 Å². The Morgan fingerprint density at radius 3 is 2.57 bits per heavy atom. The second kappa shape index (κ2) is 8.97. The van der Waals surface area contributed by atoms with Crippen molar-refractivity contribution in [2.24, 2.45) is 0 Å². The van der Waals surface area contributed by atoms with Crippen molar-refractivity contribution in [3.63, 3.8) is 0 Å². The van der Waals surface area contributed by atoms with Crippen LogP contribution in [-0.2, 0) is 9.53 Å². The minimum atomic E-state index is -0.0759. The first-order valence-corrected chi connectivity index (χ1v) is 5.23. The van der Waals surface area contributed by atoms with Crippen molar-refractivity contribution in [3.8, 4) is 0 Å². The summed E-state index contributed by atoms with van der Waals surface area (Å²) in [6.07, 6.45) is 3.64. The summed E-state index contributed by atoms with van der Waals surface area (Å²) < 4.78 is 4.82. The molecule has 0 unspecified atom stereocenters. The van der Waals surface area contributed by atoms with E-state index in [1.54, 1.807) is 0 Å². The van der Waals surface area contributed by atoms with Crippen molar-refractivity contribution in [2.45, 2.75) is 32.6 Å². The second-order valence-electron chi connectivity index (χ2n) is 3.42. The standard InChI is InChI=1S/C10H22N2O2/c1-4-14-10(13)8-6-5-7-9-11-12(2)3/h11H,4-9H2,1-3H3. The zero-order valence-corrected chi connectivity index (χ0v) is 9.51. The molecule has 1 N–H and O–H groups in total. The Balaban J connectivity index is 3.09. The van der Waals surface area contributed by atoms with Crippen LogP contribution in [0.2, 0.25) is 0 Å². The van der Waals surface area contributed by atoms with Crippen molar-refractivity contribution in [2.75, 3.05) is 27.2 Å². The predicted octanol–water partition coefficient (Wildman–Crippen LogP) is 1.18. The molecule has 0 aromatic heterocycles. The Kier molecular flexibility index (Phi) is 8.57. The molecular formula is C10H22N2O2. The lowest BCUT2D eigenvalue weighted by molar-refractivity contribution is -0.143. The third-order valence-corrected chi connectivity index (χ3v) is 1.79. The summed E-state index contributed by atoms with van der Waals surface area (Å²) in [7, 11) is 3.94. The molecule has 14 heavy (non-hydrogen) atoms. The first-order chi connectivity index (χ1) is 6.66. The van der Waals surface area contributed by atoms with Gasteiger partial charge in [0.1, 0.15) is 0 Å². The molecule has 4 nitrogen and oxygen atoms in total. The van der Waals surface area contributed by atoms with E-state index < -0.39 is 0 Å². The van der Waals surface area contributed by atoms with Gasteiger partial charge in [-0.05, 0) is 19.8 Å². The summed E-state index contributed by atoms with van der Waals surface area (Å²) >= 11 is 0. The number of hydrazine groups is 1. The highest BCUT2D eigenvalue weighted by Crippen LogP contribution is 2.00. The summed E-state index contributed by atoms with van der Waals surface area (Å²) in [5, 5.41) is 1.94. The molecular weight excluding hydrogens is 180 g/mol. The molecule has 0 aliphatic heterocycles. The number of hydrogen-bond donors (Lipinski definition) is 1. The number of hydrogen-bond acceptors (Lipinski definition) is 4. The van der Waals surface area contributed by atoms with Crippen LogP contribution in [0.1, 0.15) is 32.6 Å². The molecule has 4 heteroatoms. The van der Waals surface area contributed by atoms with E-state index in [1.807, 2.05) is 26.0 Å². The summed E-state index contributed by atoms with van der Waals surface area (Å²) in [5.41, 5.74) is 3.18. The highest BCUT2D eigenvalue weighted by Gasteiger charge is 2.00. The Hall–Kier alpha value is -0.610. The smallest absolute Gasteiger partial charge is 0.305 e. The molecule has 0 saturated carbocycles. The van der Waals surface area contributed by atoms with Crippen LogP contribution in [0.15, 0.2) is 0 Å². The van der Waals surface area contributed by atoms with Crippen LogP contribution in [0.5, 0.6) is 0 Å². The number of nitrogens with zero attached hydrogens (tertiary/aromatic N) is 1. The maximum absolute atomic E-state index is 10.9. The van der Waals surface area contributed by atoms with Crippen molar-refractivity contribution in [1.82, 2.24) is 10.4 Å². The number of carbonyl (C=O) groups excluding carboxylic acids is 1.